The van der Waals surface area contributed by atoms with Crippen LogP contribution in [0.25, 0.3) is 11.4 Å². The lowest BCUT2D eigenvalue weighted by Gasteiger charge is -2.05. The Kier molecular flexibility index (Phi) is 3.03. The van der Waals surface area contributed by atoms with Gasteiger partial charge in [0.2, 0.25) is 5.91 Å². The summed E-state index contributed by atoms with van der Waals surface area (Å²) >= 11 is 0. The molecule has 1 aromatic heterocycles. The second-order valence-electron chi connectivity index (χ2n) is 5.07. The first kappa shape index (κ1) is 11.9. The highest BCUT2D eigenvalue weighted by Gasteiger charge is 2.38. The lowest BCUT2D eigenvalue weighted by molar-refractivity contribution is -0.122. The molecule has 19 heavy (non-hydrogen) atoms. The fourth-order valence-corrected chi connectivity index (χ4v) is 2.13. The molecule has 3 rings (SSSR count). The van der Waals surface area contributed by atoms with Crippen molar-refractivity contribution in [2.75, 3.05) is 0 Å². The second kappa shape index (κ2) is 4.84. The molecule has 2 aromatic rings. The number of nitrogens with zero attached hydrogens (tertiary/aromatic N) is 2. The van der Waals surface area contributed by atoms with Gasteiger partial charge >= 0.3 is 0 Å². The van der Waals surface area contributed by atoms with Crippen LogP contribution in [0.1, 0.15) is 18.9 Å². The van der Waals surface area contributed by atoms with Gasteiger partial charge < -0.3 is 5.32 Å². The van der Waals surface area contributed by atoms with Crippen molar-refractivity contribution in [1.82, 2.24) is 20.5 Å². The van der Waals surface area contributed by atoms with Crippen molar-refractivity contribution < 1.29 is 4.79 Å². The first-order chi connectivity index (χ1) is 9.24. The molecule has 0 radical (unpaired) electrons. The lowest BCUT2D eigenvalue weighted by Crippen LogP contribution is -2.24. The monoisotopic (exact) mass is 256 g/mol. The number of carbonyl (C=O) groups is 1. The Hall–Kier alpha value is -2.17. The number of H-pyrrole nitrogens is 1. The van der Waals surface area contributed by atoms with Gasteiger partial charge in [0.05, 0.1) is 0 Å². The number of aromatic nitrogens is 3. The van der Waals surface area contributed by atoms with Gasteiger partial charge in [-0.05, 0) is 17.9 Å². The van der Waals surface area contributed by atoms with Gasteiger partial charge in [-0.15, -0.1) is 0 Å². The van der Waals surface area contributed by atoms with Crippen LogP contribution in [-0.2, 0) is 11.3 Å². The molecule has 1 heterocycles. The molecule has 1 amide bonds. The number of aromatic amines is 1. The third kappa shape index (κ3) is 2.65. The van der Waals surface area contributed by atoms with Gasteiger partial charge in [0.15, 0.2) is 5.82 Å². The van der Waals surface area contributed by atoms with E-state index in [0.717, 1.165) is 23.4 Å². The molecule has 0 saturated heterocycles. The molecule has 5 heteroatoms. The van der Waals surface area contributed by atoms with E-state index in [2.05, 4.69) is 27.4 Å². The van der Waals surface area contributed by atoms with Crippen LogP contribution in [0.15, 0.2) is 30.6 Å². The molecule has 1 aliphatic rings. The van der Waals surface area contributed by atoms with Gasteiger partial charge in [-0.25, -0.2) is 4.98 Å². The SMILES string of the molecule is CC1CC1C(=O)NCc1ccc(-c2ncn[nH]2)cc1. The maximum absolute atomic E-state index is 11.7. The van der Waals surface area contributed by atoms with Crippen molar-refractivity contribution in [3.05, 3.63) is 36.2 Å². The smallest absolute Gasteiger partial charge is 0.223 e. The second-order valence-corrected chi connectivity index (χ2v) is 5.07. The summed E-state index contributed by atoms with van der Waals surface area (Å²) in [4.78, 5) is 15.8. The first-order valence-corrected chi connectivity index (χ1v) is 6.46. The quantitative estimate of drug-likeness (QED) is 0.875. The zero-order chi connectivity index (χ0) is 13.2. The van der Waals surface area contributed by atoms with E-state index in [-0.39, 0.29) is 11.8 Å². The Balaban J connectivity index is 1.59. The average molecular weight is 256 g/mol. The molecule has 1 saturated carbocycles. The van der Waals surface area contributed by atoms with Crippen LogP contribution in [0.4, 0.5) is 0 Å². The molecule has 98 valence electrons. The average Bonchev–Trinajstić information content (AvgIpc) is 2.94. The van der Waals surface area contributed by atoms with Gasteiger partial charge in [0.1, 0.15) is 6.33 Å². The van der Waals surface area contributed by atoms with E-state index in [1.165, 1.54) is 6.33 Å². The molecule has 0 aliphatic heterocycles. The van der Waals surface area contributed by atoms with Gasteiger partial charge in [-0.1, -0.05) is 31.2 Å². The fourth-order valence-electron chi connectivity index (χ4n) is 2.13. The summed E-state index contributed by atoms with van der Waals surface area (Å²) in [7, 11) is 0. The highest BCUT2D eigenvalue weighted by atomic mass is 16.2. The molecular weight excluding hydrogens is 240 g/mol. The first-order valence-electron chi connectivity index (χ1n) is 6.46. The van der Waals surface area contributed by atoms with Crippen LogP contribution in [0.5, 0.6) is 0 Å². The van der Waals surface area contributed by atoms with Crippen molar-refractivity contribution in [3.8, 4) is 11.4 Å². The highest BCUT2D eigenvalue weighted by Crippen LogP contribution is 2.37. The van der Waals surface area contributed by atoms with E-state index >= 15 is 0 Å². The van der Waals surface area contributed by atoms with E-state index in [0.29, 0.717) is 12.5 Å². The molecule has 2 N–H and O–H groups in total. The molecule has 0 bridgehead atoms. The van der Waals surface area contributed by atoms with Crippen LogP contribution in [-0.4, -0.2) is 21.1 Å². The molecule has 5 nitrogen and oxygen atoms in total. The Morgan fingerprint density at radius 2 is 2.16 bits per heavy atom. The van der Waals surface area contributed by atoms with Crippen molar-refractivity contribution in [3.63, 3.8) is 0 Å². The number of hydrogen-bond acceptors (Lipinski definition) is 3. The van der Waals surface area contributed by atoms with Gasteiger partial charge in [-0.3, -0.25) is 9.89 Å². The molecule has 2 atom stereocenters. The standard InChI is InChI=1S/C14H16N4O/c1-9-6-12(9)14(19)15-7-10-2-4-11(5-3-10)13-16-8-17-18-13/h2-5,8-9,12H,6-7H2,1H3,(H,15,19)(H,16,17,18). The van der Waals surface area contributed by atoms with Crippen molar-refractivity contribution in [1.29, 1.82) is 0 Å². The van der Waals surface area contributed by atoms with E-state index in [1.54, 1.807) is 0 Å². The largest absolute Gasteiger partial charge is 0.352 e. The summed E-state index contributed by atoms with van der Waals surface area (Å²) in [5, 5.41) is 9.61. The molecule has 2 unspecified atom stereocenters. The summed E-state index contributed by atoms with van der Waals surface area (Å²) in [5.41, 5.74) is 2.08. The predicted molar refractivity (Wildman–Crippen MR) is 70.9 cm³/mol. The molecule has 1 fully saturated rings. The summed E-state index contributed by atoms with van der Waals surface area (Å²) in [5.74, 6) is 1.71. The number of carbonyl (C=O) groups excluding carboxylic acids is 1. The summed E-state index contributed by atoms with van der Waals surface area (Å²) in [6.45, 7) is 2.69. The van der Waals surface area contributed by atoms with Crippen LogP contribution < -0.4 is 5.32 Å². The van der Waals surface area contributed by atoms with Crippen molar-refractivity contribution in [2.45, 2.75) is 19.9 Å². The minimum absolute atomic E-state index is 0.173. The minimum Gasteiger partial charge on any atom is -0.352 e. The lowest BCUT2D eigenvalue weighted by atomic mass is 10.1. The Morgan fingerprint density at radius 1 is 1.42 bits per heavy atom. The molecule has 1 aliphatic carbocycles. The van der Waals surface area contributed by atoms with Crippen LogP contribution in [0, 0.1) is 11.8 Å². The number of rotatable bonds is 4. The molecular formula is C14H16N4O. The van der Waals surface area contributed by atoms with Gasteiger partial charge in [-0.2, -0.15) is 5.10 Å². The van der Waals surface area contributed by atoms with E-state index < -0.39 is 0 Å². The van der Waals surface area contributed by atoms with Crippen LogP contribution in [0.3, 0.4) is 0 Å². The maximum Gasteiger partial charge on any atom is 0.223 e. The summed E-state index contributed by atoms with van der Waals surface area (Å²) in [6.07, 6.45) is 2.51. The third-order valence-corrected chi connectivity index (χ3v) is 3.56. The van der Waals surface area contributed by atoms with Crippen molar-refractivity contribution in [2.24, 2.45) is 11.8 Å². The predicted octanol–water partition coefficient (Wildman–Crippen LogP) is 1.74. The minimum atomic E-state index is 0.173. The zero-order valence-electron chi connectivity index (χ0n) is 10.8. The zero-order valence-corrected chi connectivity index (χ0v) is 10.8. The van der Waals surface area contributed by atoms with Crippen LogP contribution >= 0.6 is 0 Å². The fraction of sp³-hybridized carbons (Fsp3) is 0.357. The maximum atomic E-state index is 11.7. The van der Waals surface area contributed by atoms with E-state index in [9.17, 15) is 4.79 Å². The van der Waals surface area contributed by atoms with Gasteiger partial charge in [0.25, 0.3) is 0 Å². The highest BCUT2D eigenvalue weighted by molar-refractivity contribution is 5.81. The number of nitrogens with one attached hydrogen (secondary N) is 2. The Labute approximate surface area is 111 Å². The third-order valence-electron chi connectivity index (χ3n) is 3.56. The molecule has 0 spiro atoms. The summed E-state index contributed by atoms with van der Waals surface area (Å²) in [6, 6.07) is 7.94. The molecule has 1 aromatic carbocycles. The summed E-state index contributed by atoms with van der Waals surface area (Å²) < 4.78 is 0. The van der Waals surface area contributed by atoms with E-state index in [4.69, 9.17) is 0 Å². The van der Waals surface area contributed by atoms with Gasteiger partial charge in [0, 0.05) is 18.0 Å². The topological polar surface area (TPSA) is 70.7 Å². The Morgan fingerprint density at radius 3 is 2.74 bits per heavy atom. The number of hydrogen-bond donors (Lipinski definition) is 2. The number of amides is 1. The van der Waals surface area contributed by atoms with Crippen LogP contribution in [0.2, 0.25) is 0 Å². The number of benzene rings is 1. The Bertz CT molecular complexity index is 562. The van der Waals surface area contributed by atoms with E-state index in [1.807, 2.05) is 24.3 Å². The normalized spacial score (nSPS) is 21.1. The van der Waals surface area contributed by atoms with Crippen molar-refractivity contribution >= 4 is 5.91 Å².